The van der Waals surface area contributed by atoms with Gasteiger partial charge in [-0.3, -0.25) is 10.1 Å². The molecule has 0 saturated carbocycles. The number of benzene rings is 2. The summed E-state index contributed by atoms with van der Waals surface area (Å²) < 4.78 is 39.9. The Morgan fingerprint density at radius 1 is 1.03 bits per heavy atom. The van der Waals surface area contributed by atoms with E-state index < -0.39 is 15.8 Å². The lowest BCUT2D eigenvalue weighted by molar-refractivity contribution is 0.460. The minimum Gasteiger partial charge on any atom is -0.352 e. The summed E-state index contributed by atoms with van der Waals surface area (Å²) in [6.07, 6.45) is 6.75. The van der Waals surface area contributed by atoms with Gasteiger partial charge in [0.1, 0.15) is 11.5 Å². The van der Waals surface area contributed by atoms with Gasteiger partial charge in [-0.05, 0) is 84.9 Å². The Kier molecular flexibility index (Phi) is 6.02. The molecule has 10 heteroatoms. The number of hydrogen-bond donors (Lipinski definition) is 4. The lowest BCUT2D eigenvalue weighted by Gasteiger charge is -2.23. The molecule has 1 fully saturated rings. The van der Waals surface area contributed by atoms with E-state index in [0.717, 1.165) is 70.9 Å². The Hall–Kier alpha value is -3.60. The second-order valence-electron chi connectivity index (χ2n) is 9.67. The standard InChI is InChI=1S/C27H27FN6O2S/c1-37(35,36)31-13-16-8-19(10-20(28)9-16)23-14-30-15-26-21(23)12-25(32-26)27-22-11-18(2-3-24(22)33-34-27)17-4-6-29-7-5-17/h2-3,8-12,14-15,17,29,31-32H,4-7,13H2,1H3,(H,33,34). The number of aromatic nitrogens is 4. The predicted molar refractivity (Wildman–Crippen MR) is 143 cm³/mol. The summed E-state index contributed by atoms with van der Waals surface area (Å²) in [4.78, 5) is 7.80. The summed E-state index contributed by atoms with van der Waals surface area (Å²) in [5, 5.41) is 13.1. The van der Waals surface area contributed by atoms with Crippen molar-refractivity contribution in [3.63, 3.8) is 0 Å². The van der Waals surface area contributed by atoms with E-state index in [9.17, 15) is 12.8 Å². The monoisotopic (exact) mass is 518 g/mol. The largest absolute Gasteiger partial charge is 0.352 e. The van der Waals surface area contributed by atoms with Gasteiger partial charge in [-0.25, -0.2) is 17.5 Å². The van der Waals surface area contributed by atoms with Crippen LogP contribution in [0.25, 0.3) is 44.3 Å². The molecule has 2 aromatic carbocycles. The molecule has 1 aliphatic rings. The zero-order chi connectivity index (χ0) is 25.6. The highest BCUT2D eigenvalue weighted by molar-refractivity contribution is 7.88. The molecule has 8 nitrogen and oxygen atoms in total. The lowest BCUT2D eigenvalue weighted by Crippen LogP contribution is -2.26. The average molecular weight is 519 g/mol. The maximum absolute atomic E-state index is 14.5. The molecule has 190 valence electrons. The number of piperidine rings is 1. The molecule has 5 aromatic rings. The molecule has 1 aliphatic heterocycles. The number of hydrogen-bond acceptors (Lipinski definition) is 5. The Bertz CT molecular complexity index is 1720. The maximum atomic E-state index is 14.5. The number of aromatic amines is 2. The fourth-order valence-electron chi connectivity index (χ4n) is 5.18. The number of rotatable bonds is 6. The third-order valence-electron chi connectivity index (χ3n) is 7.01. The van der Waals surface area contributed by atoms with E-state index in [2.05, 4.69) is 48.4 Å². The molecule has 6 rings (SSSR count). The first-order valence-corrected chi connectivity index (χ1v) is 14.1. The molecule has 0 unspecified atom stereocenters. The summed E-state index contributed by atoms with van der Waals surface area (Å²) >= 11 is 0. The first-order chi connectivity index (χ1) is 17.8. The Morgan fingerprint density at radius 3 is 2.68 bits per heavy atom. The second kappa shape index (κ2) is 9.37. The molecule has 0 spiro atoms. The fourth-order valence-corrected chi connectivity index (χ4v) is 5.61. The van der Waals surface area contributed by atoms with Gasteiger partial charge in [0.05, 0.1) is 29.2 Å². The SMILES string of the molecule is CS(=O)(=O)NCc1cc(F)cc(-c2cncc3[nH]c(-c4n[nH]c5ccc(C6CCNCC6)cc45)cc23)c1. The molecule has 3 aromatic heterocycles. The van der Waals surface area contributed by atoms with E-state index in [0.29, 0.717) is 17.0 Å². The minimum atomic E-state index is -3.40. The summed E-state index contributed by atoms with van der Waals surface area (Å²) in [7, 11) is -3.40. The van der Waals surface area contributed by atoms with Crippen LogP contribution in [0, 0.1) is 5.82 Å². The first kappa shape index (κ1) is 23.8. The van der Waals surface area contributed by atoms with Gasteiger partial charge in [-0.15, -0.1) is 0 Å². The third-order valence-corrected chi connectivity index (χ3v) is 7.67. The van der Waals surface area contributed by atoms with Gasteiger partial charge in [0.2, 0.25) is 10.0 Å². The molecule has 4 heterocycles. The quantitative estimate of drug-likeness (QED) is 0.266. The van der Waals surface area contributed by atoms with E-state index in [1.54, 1.807) is 18.5 Å². The highest BCUT2D eigenvalue weighted by atomic mass is 32.2. The van der Waals surface area contributed by atoms with Crippen molar-refractivity contribution >= 4 is 31.8 Å². The Balaban J connectivity index is 1.40. The smallest absolute Gasteiger partial charge is 0.209 e. The molecule has 0 aliphatic carbocycles. The van der Waals surface area contributed by atoms with E-state index in [4.69, 9.17) is 0 Å². The summed E-state index contributed by atoms with van der Waals surface area (Å²) in [5.41, 5.74) is 6.65. The van der Waals surface area contributed by atoms with Gasteiger partial charge in [0, 0.05) is 29.1 Å². The second-order valence-corrected chi connectivity index (χ2v) is 11.5. The van der Waals surface area contributed by atoms with Crippen LogP contribution in [0.5, 0.6) is 0 Å². The highest BCUT2D eigenvalue weighted by Gasteiger charge is 2.19. The average Bonchev–Trinajstić information content (AvgIpc) is 3.51. The van der Waals surface area contributed by atoms with E-state index in [1.807, 2.05) is 6.07 Å². The number of nitrogens with one attached hydrogen (secondary N) is 4. The normalized spacial score (nSPS) is 15.1. The summed E-state index contributed by atoms with van der Waals surface area (Å²) in [6.45, 7) is 2.07. The molecular formula is C27H27FN6O2S. The van der Waals surface area contributed by atoms with Gasteiger partial charge < -0.3 is 10.3 Å². The highest BCUT2D eigenvalue weighted by Crippen LogP contribution is 2.35. The molecule has 1 saturated heterocycles. The molecular weight excluding hydrogens is 491 g/mol. The number of H-pyrrole nitrogens is 2. The number of nitrogens with zero attached hydrogens (tertiary/aromatic N) is 2. The maximum Gasteiger partial charge on any atom is 0.209 e. The van der Waals surface area contributed by atoms with Crippen molar-refractivity contribution in [3.05, 3.63) is 71.8 Å². The van der Waals surface area contributed by atoms with Crippen molar-refractivity contribution in [3.8, 4) is 22.5 Å². The summed E-state index contributed by atoms with van der Waals surface area (Å²) in [5.74, 6) is 0.0885. The van der Waals surface area contributed by atoms with Crippen LogP contribution in [0.2, 0.25) is 0 Å². The van der Waals surface area contributed by atoms with Crippen LogP contribution in [-0.4, -0.2) is 47.9 Å². The van der Waals surface area contributed by atoms with Crippen LogP contribution < -0.4 is 10.0 Å². The first-order valence-electron chi connectivity index (χ1n) is 12.2. The molecule has 0 atom stereocenters. The molecule has 0 radical (unpaired) electrons. The Morgan fingerprint density at radius 2 is 1.86 bits per heavy atom. The van der Waals surface area contributed by atoms with Crippen molar-refractivity contribution in [1.82, 2.24) is 30.2 Å². The molecule has 0 bridgehead atoms. The van der Waals surface area contributed by atoms with Crippen molar-refractivity contribution < 1.29 is 12.8 Å². The van der Waals surface area contributed by atoms with Crippen LogP contribution in [0.4, 0.5) is 4.39 Å². The molecule has 0 amide bonds. The summed E-state index contributed by atoms with van der Waals surface area (Å²) in [6, 6.07) is 13.1. The van der Waals surface area contributed by atoms with Crippen molar-refractivity contribution in [1.29, 1.82) is 0 Å². The number of pyridine rings is 1. The minimum absolute atomic E-state index is 0.00400. The van der Waals surface area contributed by atoms with Crippen LogP contribution >= 0.6 is 0 Å². The molecule has 4 N–H and O–H groups in total. The van der Waals surface area contributed by atoms with Crippen molar-refractivity contribution in [2.75, 3.05) is 19.3 Å². The topological polar surface area (TPSA) is 116 Å². The van der Waals surface area contributed by atoms with Gasteiger partial charge in [0.15, 0.2) is 0 Å². The lowest BCUT2D eigenvalue weighted by atomic mass is 9.89. The van der Waals surface area contributed by atoms with Gasteiger partial charge >= 0.3 is 0 Å². The molecule has 37 heavy (non-hydrogen) atoms. The number of fused-ring (bicyclic) bond motifs is 2. The van der Waals surface area contributed by atoms with E-state index in [-0.39, 0.29) is 6.54 Å². The van der Waals surface area contributed by atoms with Crippen LogP contribution in [0.15, 0.2) is 54.9 Å². The van der Waals surface area contributed by atoms with Crippen molar-refractivity contribution in [2.45, 2.75) is 25.3 Å². The predicted octanol–water partition coefficient (Wildman–Crippen LogP) is 4.43. The number of sulfonamides is 1. The van der Waals surface area contributed by atoms with Crippen LogP contribution in [0.3, 0.4) is 0 Å². The van der Waals surface area contributed by atoms with Crippen LogP contribution in [-0.2, 0) is 16.6 Å². The zero-order valence-corrected chi connectivity index (χ0v) is 21.1. The zero-order valence-electron chi connectivity index (χ0n) is 20.3. The Labute approximate surface area is 213 Å². The van der Waals surface area contributed by atoms with Gasteiger partial charge in [-0.2, -0.15) is 5.10 Å². The van der Waals surface area contributed by atoms with E-state index >= 15 is 0 Å². The van der Waals surface area contributed by atoms with Crippen LogP contribution in [0.1, 0.15) is 29.9 Å². The van der Waals surface area contributed by atoms with Gasteiger partial charge in [-0.1, -0.05) is 6.07 Å². The third kappa shape index (κ3) is 4.87. The van der Waals surface area contributed by atoms with E-state index in [1.165, 1.54) is 17.7 Å². The van der Waals surface area contributed by atoms with Gasteiger partial charge in [0.25, 0.3) is 0 Å². The fraction of sp³-hybridized carbons (Fsp3) is 0.259. The number of halogens is 1. The van der Waals surface area contributed by atoms with Crippen molar-refractivity contribution in [2.24, 2.45) is 0 Å².